The van der Waals surface area contributed by atoms with E-state index in [1.807, 2.05) is 0 Å². The molecule has 5 nitrogen and oxygen atoms in total. The molecule has 88 valence electrons. The van der Waals surface area contributed by atoms with Crippen molar-refractivity contribution < 1.29 is 12.5 Å². The van der Waals surface area contributed by atoms with Crippen LogP contribution in [0.2, 0.25) is 0 Å². The third-order valence-corrected chi connectivity index (χ3v) is 4.68. The number of hydrogen-bond donors (Lipinski definition) is 1. The molecule has 0 aliphatic carbocycles. The van der Waals surface area contributed by atoms with E-state index in [0.29, 0.717) is 5.69 Å². The first-order chi connectivity index (χ1) is 7.37. The number of quaternary nitrogens is 1. The van der Waals surface area contributed by atoms with Gasteiger partial charge in [0.2, 0.25) is 0 Å². The first-order valence-corrected chi connectivity index (χ1v) is 6.50. The van der Waals surface area contributed by atoms with E-state index < -0.39 is 20.3 Å². The second kappa shape index (κ2) is 3.44. The molecule has 16 heavy (non-hydrogen) atoms. The maximum Gasteiger partial charge on any atom is 0.394 e. The van der Waals surface area contributed by atoms with Crippen molar-refractivity contribution >= 4 is 15.9 Å². The molecule has 0 spiro atoms. The fourth-order valence-electron chi connectivity index (χ4n) is 1.76. The van der Waals surface area contributed by atoms with Crippen molar-refractivity contribution in [3.05, 3.63) is 35.0 Å². The Balaban J connectivity index is 2.56. The summed E-state index contributed by atoms with van der Waals surface area (Å²) in [6, 6.07) is 6.43. The topological polar surface area (TPSA) is 69.2 Å². The third kappa shape index (κ3) is 1.50. The molecule has 2 rings (SSSR count). The lowest BCUT2D eigenvalue weighted by Crippen LogP contribution is -2.56. The fraction of sp³-hybridized carbons (Fsp3) is 0.400. The molecule has 0 saturated carbocycles. The van der Waals surface area contributed by atoms with Gasteiger partial charge in [-0.15, -0.1) is 0 Å². The summed E-state index contributed by atoms with van der Waals surface area (Å²) in [4.78, 5) is 0. The van der Waals surface area contributed by atoms with Crippen LogP contribution in [0.1, 0.15) is 19.4 Å². The fourth-order valence-corrected chi connectivity index (χ4v) is 3.25. The molecule has 1 aliphatic rings. The van der Waals surface area contributed by atoms with E-state index in [2.05, 4.69) is 4.72 Å². The average molecular weight is 242 g/mol. The van der Waals surface area contributed by atoms with Crippen molar-refractivity contribution in [1.82, 2.24) is 0 Å². The molecule has 0 saturated heterocycles. The van der Waals surface area contributed by atoms with Crippen LogP contribution < -0.4 is 4.72 Å². The molecular formula is C10H14N2O3S. The maximum atomic E-state index is 12.3. The molecule has 0 fully saturated rings. The van der Waals surface area contributed by atoms with Gasteiger partial charge in [-0.2, -0.15) is 8.42 Å². The highest BCUT2D eigenvalue weighted by atomic mass is 32.2. The Morgan fingerprint density at radius 3 is 2.62 bits per heavy atom. The van der Waals surface area contributed by atoms with Crippen LogP contribution in [0.4, 0.5) is 5.69 Å². The van der Waals surface area contributed by atoms with Gasteiger partial charge in [0.05, 0.1) is 11.7 Å². The maximum absolute atomic E-state index is 12.3. The van der Waals surface area contributed by atoms with E-state index >= 15 is 0 Å². The zero-order chi connectivity index (χ0) is 12.0. The molecular weight excluding hydrogens is 228 g/mol. The van der Waals surface area contributed by atoms with Crippen molar-refractivity contribution in [2.45, 2.75) is 26.4 Å². The number of nitrogens with one attached hydrogen (secondary N) is 1. The molecule has 1 N–H and O–H groups in total. The highest BCUT2D eigenvalue weighted by Crippen LogP contribution is 2.33. The minimum Gasteiger partial charge on any atom is -0.615 e. The first-order valence-electron chi connectivity index (χ1n) is 5.06. The number of nitrogens with zero attached hydrogens (tertiary/aromatic N) is 1. The van der Waals surface area contributed by atoms with Gasteiger partial charge in [-0.25, -0.2) is 8.77 Å². The van der Waals surface area contributed by atoms with Crippen LogP contribution >= 0.6 is 0 Å². The van der Waals surface area contributed by atoms with Gasteiger partial charge in [-0.3, -0.25) is 0 Å². The van der Waals surface area contributed by atoms with Crippen LogP contribution in [0.3, 0.4) is 0 Å². The second-order valence-corrected chi connectivity index (χ2v) is 5.98. The molecule has 1 heterocycles. The lowest BCUT2D eigenvalue weighted by Gasteiger charge is -2.46. The number of anilines is 1. The molecule has 1 aromatic carbocycles. The van der Waals surface area contributed by atoms with Crippen molar-refractivity contribution in [2.75, 3.05) is 4.72 Å². The van der Waals surface area contributed by atoms with E-state index in [1.165, 1.54) is 0 Å². The zero-order valence-corrected chi connectivity index (χ0v) is 9.99. The Bertz CT molecular complexity index is 513. The Kier molecular flexibility index (Phi) is 2.45. The molecule has 1 unspecified atom stereocenters. The molecule has 1 aliphatic heterocycles. The summed E-state index contributed by atoms with van der Waals surface area (Å²) in [5.41, 5.74) is 1.24. The van der Waals surface area contributed by atoms with Gasteiger partial charge in [0.1, 0.15) is 6.54 Å². The molecule has 0 radical (unpaired) electrons. The molecule has 1 aromatic rings. The smallest absolute Gasteiger partial charge is 0.394 e. The monoisotopic (exact) mass is 242 g/mol. The van der Waals surface area contributed by atoms with E-state index in [0.717, 1.165) is 5.56 Å². The summed E-state index contributed by atoms with van der Waals surface area (Å²) in [6.07, 6.45) is 0. The summed E-state index contributed by atoms with van der Waals surface area (Å²) in [7, 11) is -3.90. The molecule has 0 aromatic heterocycles. The van der Waals surface area contributed by atoms with Gasteiger partial charge in [0.25, 0.3) is 0 Å². The van der Waals surface area contributed by atoms with Crippen molar-refractivity contribution in [2.24, 2.45) is 0 Å². The van der Waals surface area contributed by atoms with Crippen LogP contribution in [-0.2, 0) is 16.8 Å². The Morgan fingerprint density at radius 2 is 2.00 bits per heavy atom. The Hall–Kier alpha value is -1.11. The van der Waals surface area contributed by atoms with E-state index in [4.69, 9.17) is 0 Å². The summed E-state index contributed by atoms with van der Waals surface area (Å²) in [5.74, 6) is 0. The standard InChI is InChI=1S/C10H14N2O3S/c1-8(2)12(13)7-9-5-3-4-6-10(9)11-16(12,14)15/h3-6,8,11H,7H2,1-2H3. The quantitative estimate of drug-likeness (QED) is 0.600. The third-order valence-electron chi connectivity index (χ3n) is 2.84. The molecule has 0 bridgehead atoms. The van der Waals surface area contributed by atoms with Gasteiger partial charge >= 0.3 is 10.2 Å². The molecule has 1 atom stereocenters. The van der Waals surface area contributed by atoms with Gasteiger partial charge in [-0.1, -0.05) is 18.2 Å². The SMILES string of the molecule is CC(C)[N+]1([O-])Cc2ccccc2NS1(=O)=O. The lowest BCUT2D eigenvalue weighted by atomic mass is 10.1. The largest absolute Gasteiger partial charge is 0.615 e. The lowest BCUT2D eigenvalue weighted by molar-refractivity contribution is -0.791. The van der Waals surface area contributed by atoms with Crippen LogP contribution in [0.15, 0.2) is 24.3 Å². The van der Waals surface area contributed by atoms with Crippen molar-refractivity contribution in [3.8, 4) is 0 Å². The van der Waals surface area contributed by atoms with Gasteiger partial charge in [0.15, 0.2) is 0 Å². The van der Waals surface area contributed by atoms with Crippen LogP contribution in [0, 0.1) is 5.21 Å². The summed E-state index contributed by atoms with van der Waals surface area (Å²) < 4.78 is 24.8. The second-order valence-electron chi connectivity index (χ2n) is 4.21. The van der Waals surface area contributed by atoms with Crippen LogP contribution in [-0.4, -0.2) is 18.5 Å². The highest BCUT2D eigenvalue weighted by molar-refractivity contribution is 7.87. The van der Waals surface area contributed by atoms with E-state index in [9.17, 15) is 13.6 Å². The number of hydroxylamine groups is 2. The number of rotatable bonds is 1. The normalized spacial score (nSPS) is 27.2. The van der Waals surface area contributed by atoms with Crippen molar-refractivity contribution in [1.29, 1.82) is 0 Å². The summed E-state index contributed by atoms with van der Waals surface area (Å²) >= 11 is 0. The van der Waals surface area contributed by atoms with Crippen molar-refractivity contribution in [3.63, 3.8) is 0 Å². The predicted octanol–water partition coefficient (Wildman–Crippen LogP) is 1.58. The number of hydrogen-bond acceptors (Lipinski definition) is 3. The summed E-state index contributed by atoms with van der Waals surface area (Å²) in [5, 5.41) is 12.3. The number of para-hydroxylation sites is 1. The predicted molar refractivity (Wildman–Crippen MR) is 61.5 cm³/mol. The van der Waals surface area contributed by atoms with Crippen LogP contribution in [0.5, 0.6) is 0 Å². The number of benzene rings is 1. The average Bonchev–Trinajstić information content (AvgIpc) is 2.18. The minimum absolute atomic E-state index is 0.0385. The van der Waals surface area contributed by atoms with E-state index in [1.54, 1.807) is 38.1 Å². The van der Waals surface area contributed by atoms with E-state index in [-0.39, 0.29) is 6.54 Å². The van der Waals surface area contributed by atoms with Gasteiger partial charge < -0.3 is 5.21 Å². The number of fused-ring (bicyclic) bond motifs is 1. The van der Waals surface area contributed by atoms with Gasteiger partial charge in [-0.05, 0) is 19.9 Å². The Labute approximate surface area is 95.0 Å². The highest BCUT2D eigenvalue weighted by Gasteiger charge is 2.41. The summed E-state index contributed by atoms with van der Waals surface area (Å²) in [6.45, 7) is 3.18. The molecule has 6 heteroatoms. The molecule has 0 amide bonds. The zero-order valence-electron chi connectivity index (χ0n) is 9.17. The van der Waals surface area contributed by atoms with Gasteiger partial charge in [0, 0.05) is 5.56 Å². The first kappa shape index (κ1) is 11.4. The minimum atomic E-state index is -3.90. The van der Waals surface area contributed by atoms with Crippen LogP contribution in [0.25, 0.3) is 0 Å². The Morgan fingerprint density at radius 1 is 1.38 bits per heavy atom.